The first-order valence-electron chi connectivity index (χ1n) is 9.32. The van der Waals surface area contributed by atoms with Gasteiger partial charge in [0.05, 0.1) is 10.9 Å². The second kappa shape index (κ2) is 7.73. The van der Waals surface area contributed by atoms with E-state index in [9.17, 15) is 8.42 Å². The van der Waals surface area contributed by atoms with Crippen molar-refractivity contribution >= 4 is 10.0 Å². The van der Waals surface area contributed by atoms with Crippen LogP contribution in [0.2, 0.25) is 0 Å². The van der Waals surface area contributed by atoms with E-state index in [1.54, 1.807) is 22.6 Å². The smallest absolute Gasteiger partial charge is 0.243 e. The molecule has 1 saturated heterocycles. The second-order valence-electron chi connectivity index (χ2n) is 6.90. The number of hydrogen-bond donors (Lipinski definition) is 0. The van der Waals surface area contributed by atoms with Crippen LogP contribution < -0.4 is 4.74 Å². The van der Waals surface area contributed by atoms with Crippen LogP contribution in [0.3, 0.4) is 0 Å². The van der Waals surface area contributed by atoms with Crippen LogP contribution in [0.25, 0.3) is 0 Å². The molecule has 0 amide bonds. The number of para-hydroxylation sites is 1. The van der Waals surface area contributed by atoms with Gasteiger partial charge in [-0.25, -0.2) is 13.4 Å². The molecule has 1 aliphatic heterocycles. The van der Waals surface area contributed by atoms with Crippen molar-refractivity contribution in [2.24, 2.45) is 0 Å². The number of hydrogen-bond acceptors (Lipinski definition) is 4. The Labute approximate surface area is 165 Å². The maximum Gasteiger partial charge on any atom is 0.243 e. The average molecular weight is 394 g/mol. The van der Waals surface area contributed by atoms with E-state index in [-0.39, 0.29) is 6.04 Å². The molecule has 144 valence electrons. The van der Waals surface area contributed by atoms with Crippen molar-refractivity contribution in [2.75, 3.05) is 6.54 Å². The summed E-state index contributed by atoms with van der Waals surface area (Å²) in [6.45, 7) is 2.43. The lowest BCUT2D eigenvalue weighted by Crippen LogP contribution is -2.31. The molecule has 4 rings (SSSR count). The molecular formula is C22H22N2O3S. The minimum atomic E-state index is -3.59. The van der Waals surface area contributed by atoms with Gasteiger partial charge in [-0.1, -0.05) is 42.0 Å². The summed E-state index contributed by atoms with van der Waals surface area (Å²) < 4.78 is 34.1. The summed E-state index contributed by atoms with van der Waals surface area (Å²) in [5.41, 5.74) is 1.82. The van der Waals surface area contributed by atoms with Gasteiger partial charge in [0.1, 0.15) is 5.75 Å². The number of ether oxygens (including phenoxy) is 1. The zero-order valence-electron chi connectivity index (χ0n) is 15.7. The van der Waals surface area contributed by atoms with Crippen LogP contribution in [-0.2, 0) is 10.0 Å². The highest BCUT2D eigenvalue weighted by molar-refractivity contribution is 7.89. The Morgan fingerprint density at radius 1 is 1.00 bits per heavy atom. The normalized spacial score (nSPS) is 17.5. The predicted molar refractivity (Wildman–Crippen MR) is 108 cm³/mol. The molecule has 0 bridgehead atoms. The number of aryl methyl sites for hydroxylation is 1. The van der Waals surface area contributed by atoms with Gasteiger partial charge < -0.3 is 4.74 Å². The quantitative estimate of drug-likeness (QED) is 0.629. The van der Waals surface area contributed by atoms with Crippen molar-refractivity contribution in [1.29, 1.82) is 0 Å². The molecule has 0 unspecified atom stereocenters. The van der Waals surface area contributed by atoms with Gasteiger partial charge in [0.2, 0.25) is 15.9 Å². The molecule has 1 fully saturated rings. The summed E-state index contributed by atoms with van der Waals surface area (Å²) in [7, 11) is -3.59. The summed E-state index contributed by atoms with van der Waals surface area (Å²) in [5, 5.41) is 0. The molecule has 0 N–H and O–H groups in total. The minimum Gasteiger partial charge on any atom is -0.439 e. The van der Waals surface area contributed by atoms with Crippen LogP contribution in [0.15, 0.2) is 77.8 Å². The Balaban J connectivity index is 1.68. The van der Waals surface area contributed by atoms with Gasteiger partial charge in [-0.05, 0) is 50.1 Å². The Bertz CT molecular complexity index is 1050. The summed E-state index contributed by atoms with van der Waals surface area (Å²) in [5.74, 6) is 1.12. The fraction of sp³-hybridized carbons (Fsp3) is 0.227. The Morgan fingerprint density at radius 2 is 1.75 bits per heavy atom. The largest absolute Gasteiger partial charge is 0.439 e. The molecule has 3 aromatic rings. The zero-order chi connectivity index (χ0) is 19.6. The van der Waals surface area contributed by atoms with Crippen molar-refractivity contribution in [3.63, 3.8) is 0 Å². The maximum absolute atomic E-state index is 13.3. The van der Waals surface area contributed by atoms with Crippen molar-refractivity contribution in [3.05, 3.63) is 84.1 Å². The van der Waals surface area contributed by atoms with Crippen LogP contribution in [-0.4, -0.2) is 24.3 Å². The first-order chi connectivity index (χ1) is 13.6. The number of rotatable bonds is 5. The van der Waals surface area contributed by atoms with E-state index in [4.69, 9.17) is 4.74 Å². The van der Waals surface area contributed by atoms with Crippen molar-refractivity contribution in [3.8, 4) is 11.6 Å². The first-order valence-corrected chi connectivity index (χ1v) is 10.8. The number of aromatic nitrogens is 1. The van der Waals surface area contributed by atoms with Gasteiger partial charge in [0.25, 0.3) is 0 Å². The van der Waals surface area contributed by atoms with Crippen LogP contribution in [0.5, 0.6) is 11.6 Å². The summed E-state index contributed by atoms with van der Waals surface area (Å²) in [6, 6.07) is 19.8. The van der Waals surface area contributed by atoms with Crippen molar-refractivity contribution in [1.82, 2.24) is 9.29 Å². The molecule has 2 heterocycles. The lowest BCUT2D eigenvalue weighted by Gasteiger charge is -2.25. The molecule has 0 spiro atoms. The van der Waals surface area contributed by atoms with E-state index in [0.29, 0.717) is 23.1 Å². The molecule has 6 heteroatoms. The summed E-state index contributed by atoms with van der Waals surface area (Å²) in [6.07, 6.45) is 3.20. The Hall–Kier alpha value is -2.70. The van der Waals surface area contributed by atoms with Gasteiger partial charge >= 0.3 is 0 Å². The molecule has 2 aromatic carbocycles. The molecule has 5 nitrogen and oxygen atoms in total. The summed E-state index contributed by atoms with van der Waals surface area (Å²) >= 11 is 0. The highest BCUT2D eigenvalue weighted by Crippen LogP contribution is 2.40. The van der Waals surface area contributed by atoms with Crippen LogP contribution >= 0.6 is 0 Å². The van der Waals surface area contributed by atoms with Crippen molar-refractivity contribution in [2.45, 2.75) is 30.7 Å². The molecule has 0 radical (unpaired) electrons. The Kier molecular flexibility index (Phi) is 5.15. The molecule has 0 saturated carbocycles. The number of nitrogens with zero attached hydrogens (tertiary/aromatic N) is 2. The van der Waals surface area contributed by atoms with Crippen LogP contribution in [0, 0.1) is 6.92 Å². The second-order valence-corrected chi connectivity index (χ2v) is 8.79. The zero-order valence-corrected chi connectivity index (χ0v) is 16.5. The van der Waals surface area contributed by atoms with Gasteiger partial charge in [0, 0.05) is 18.3 Å². The molecule has 0 aliphatic carbocycles. The van der Waals surface area contributed by atoms with E-state index < -0.39 is 10.0 Å². The minimum absolute atomic E-state index is 0.293. The molecular weight excluding hydrogens is 372 g/mol. The number of benzene rings is 2. The third-order valence-corrected chi connectivity index (χ3v) is 6.87. The monoisotopic (exact) mass is 394 g/mol. The lowest BCUT2D eigenvalue weighted by molar-refractivity contribution is 0.378. The predicted octanol–water partition coefficient (Wildman–Crippen LogP) is 4.71. The van der Waals surface area contributed by atoms with Crippen LogP contribution in [0.4, 0.5) is 0 Å². The molecule has 1 atom stereocenters. The number of sulfonamides is 1. The van der Waals surface area contributed by atoms with E-state index in [0.717, 1.165) is 24.0 Å². The summed E-state index contributed by atoms with van der Waals surface area (Å²) in [4.78, 5) is 4.69. The molecule has 28 heavy (non-hydrogen) atoms. The Morgan fingerprint density at radius 3 is 2.50 bits per heavy atom. The standard InChI is InChI=1S/C22H22N2O3S/c1-17-11-13-19(14-12-17)28(25,26)24-16-6-10-21(24)20-9-5-15-23-22(20)27-18-7-3-2-4-8-18/h2-5,7-9,11-15,21H,6,10,16H2,1H3/t21-/m0/s1. The van der Waals surface area contributed by atoms with Gasteiger partial charge in [-0.2, -0.15) is 4.31 Å². The van der Waals surface area contributed by atoms with Crippen molar-refractivity contribution < 1.29 is 13.2 Å². The average Bonchev–Trinajstić information content (AvgIpc) is 3.20. The van der Waals surface area contributed by atoms with E-state index in [1.165, 1.54) is 0 Å². The fourth-order valence-corrected chi connectivity index (χ4v) is 5.20. The lowest BCUT2D eigenvalue weighted by atomic mass is 10.1. The molecule has 1 aromatic heterocycles. The van der Waals surface area contributed by atoms with E-state index in [2.05, 4.69) is 4.98 Å². The maximum atomic E-state index is 13.3. The van der Waals surface area contributed by atoms with Gasteiger partial charge in [-0.15, -0.1) is 0 Å². The van der Waals surface area contributed by atoms with Gasteiger partial charge in [0.15, 0.2) is 0 Å². The van der Waals surface area contributed by atoms with E-state index in [1.807, 2.05) is 61.5 Å². The molecule has 1 aliphatic rings. The first kappa shape index (κ1) is 18.7. The number of pyridine rings is 1. The topological polar surface area (TPSA) is 59.5 Å². The SMILES string of the molecule is Cc1ccc(S(=O)(=O)N2CCC[C@H]2c2cccnc2Oc2ccccc2)cc1. The van der Waals surface area contributed by atoms with Crippen LogP contribution in [0.1, 0.15) is 30.0 Å². The fourth-order valence-electron chi connectivity index (χ4n) is 3.53. The van der Waals surface area contributed by atoms with E-state index >= 15 is 0 Å². The highest BCUT2D eigenvalue weighted by atomic mass is 32.2. The third kappa shape index (κ3) is 3.66. The van der Waals surface area contributed by atoms with Gasteiger partial charge in [-0.3, -0.25) is 0 Å². The highest BCUT2D eigenvalue weighted by Gasteiger charge is 2.37. The third-order valence-electron chi connectivity index (χ3n) is 4.95.